The zero-order valence-corrected chi connectivity index (χ0v) is 29.8. The predicted molar refractivity (Wildman–Crippen MR) is 229 cm³/mol. The molecule has 11 aromatic rings. The Morgan fingerprint density at radius 1 is 0.345 bits per heavy atom. The highest BCUT2D eigenvalue weighted by atomic mass is 16.3. The zero-order chi connectivity index (χ0) is 36.3. The number of oxazole rings is 1. The molecule has 2 heterocycles. The van der Waals surface area contributed by atoms with Crippen molar-refractivity contribution < 1.29 is 4.42 Å². The number of rotatable bonds is 5. The van der Waals surface area contributed by atoms with E-state index in [4.69, 9.17) is 9.40 Å². The van der Waals surface area contributed by atoms with Crippen LogP contribution in [-0.2, 0) is 0 Å². The van der Waals surface area contributed by atoms with Crippen LogP contribution in [0, 0.1) is 0 Å². The third kappa shape index (κ3) is 5.28. The zero-order valence-electron chi connectivity index (χ0n) is 29.8. The van der Waals surface area contributed by atoms with Gasteiger partial charge < -0.3 is 4.42 Å². The normalized spacial score (nSPS) is 11.6. The molecular formula is C52H32N2O. The van der Waals surface area contributed by atoms with Crippen molar-refractivity contribution in [3.63, 3.8) is 0 Å². The van der Waals surface area contributed by atoms with Crippen molar-refractivity contribution in [1.82, 2.24) is 9.97 Å². The van der Waals surface area contributed by atoms with E-state index in [2.05, 4.69) is 181 Å². The van der Waals surface area contributed by atoms with Crippen molar-refractivity contribution in [2.75, 3.05) is 0 Å². The van der Waals surface area contributed by atoms with Crippen LogP contribution < -0.4 is 0 Å². The molecule has 0 spiro atoms. The quantitative estimate of drug-likeness (QED) is 0.168. The van der Waals surface area contributed by atoms with Gasteiger partial charge in [-0.05, 0) is 125 Å². The fourth-order valence-corrected chi connectivity index (χ4v) is 8.30. The van der Waals surface area contributed by atoms with E-state index in [0.717, 1.165) is 55.6 Å². The van der Waals surface area contributed by atoms with Gasteiger partial charge in [0.2, 0.25) is 5.89 Å². The van der Waals surface area contributed by atoms with Crippen LogP contribution in [0.3, 0.4) is 0 Å². The molecule has 0 aliphatic heterocycles. The monoisotopic (exact) mass is 700 g/mol. The summed E-state index contributed by atoms with van der Waals surface area (Å²) in [7, 11) is 0. The molecule has 0 N–H and O–H groups in total. The standard InChI is InChI=1S/C52H32N2O/c1-3-16-41-37(11-1)28-47(45-20-7-5-18-43(41)45)40-30-49(48-29-38-12-2-4-17-42(38)44-19-6-8-21-46(44)48)51-50(31-40)55-52(54-51)34-24-22-33(23-25-34)35-13-9-14-36(27-35)39-15-10-26-53-32-39/h1-32H. The first-order valence-electron chi connectivity index (χ1n) is 18.6. The first-order chi connectivity index (χ1) is 27.2. The number of aromatic nitrogens is 2. The molecule has 0 unspecified atom stereocenters. The molecule has 0 bridgehead atoms. The van der Waals surface area contributed by atoms with E-state index in [1.54, 1.807) is 6.20 Å². The Kier molecular flexibility index (Phi) is 7.17. The second-order valence-electron chi connectivity index (χ2n) is 14.2. The van der Waals surface area contributed by atoms with Crippen molar-refractivity contribution in [2.45, 2.75) is 0 Å². The Morgan fingerprint density at radius 3 is 1.58 bits per heavy atom. The molecule has 9 aromatic carbocycles. The van der Waals surface area contributed by atoms with Crippen LogP contribution in [0.25, 0.3) is 110 Å². The summed E-state index contributed by atoms with van der Waals surface area (Å²) >= 11 is 0. The highest BCUT2D eigenvalue weighted by Gasteiger charge is 2.20. The third-order valence-corrected chi connectivity index (χ3v) is 11.0. The Bertz CT molecular complexity index is 3250. The summed E-state index contributed by atoms with van der Waals surface area (Å²) in [6, 6.07) is 65.0. The molecule has 3 heteroatoms. The van der Waals surface area contributed by atoms with Gasteiger partial charge in [-0.3, -0.25) is 4.98 Å². The molecule has 0 saturated carbocycles. The summed E-state index contributed by atoms with van der Waals surface area (Å²) in [6.45, 7) is 0. The summed E-state index contributed by atoms with van der Waals surface area (Å²) in [5.41, 5.74) is 11.5. The molecule has 0 fully saturated rings. The maximum absolute atomic E-state index is 6.78. The van der Waals surface area contributed by atoms with Gasteiger partial charge in [0.05, 0.1) is 0 Å². The lowest BCUT2D eigenvalue weighted by Gasteiger charge is -2.14. The van der Waals surface area contributed by atoms with Gasteiger partial charge in [0.15, 0.2) is 5.58 Å². The topological polar surface area (TPSA) is 38.9 Å². The Morgan fingerprint density at radius 2 is 0.909 bits per heavy atom. The molecule has 11 rings (SSSR count). The lowest BCUT2D eigenvalue weighted by atomic mass is 9.89. The minimum absolute atomic E-state index is 0.595. The van der Waals surface area contributed by atoms with Crippen LogP contribution in [-0.4, -0.2) is 9.97 Å². The van der Waals surface area contributed by atoms with Gasteiger partial charge in [-0.2, -0.15) is 0 Å². The highest BCUT2D eigenvalue weighted by Crippen LogP contribution is 2.43. The van der Waals surface area contributed by atoms with Crippen molar-refractivity contribution in [3.05, 3.63) is 194 Å². The Hall–Kier alpha value is -7.36. The van der Waals surface area contributed by atoms with Crippen molar-refractivity contribution >= 4 is 54.2 Å². The van der Waals surface area contributed by atoms with E-state index in [-0.39, 0.29) is 0 Å². The van der Waals surface area contributed by atoms with Crippen LogP contribution in [0.5, 0.6) is 0 Å². The van der Waals surface area contributed by atoms with Crippen LogP contribution in [0.4, 0.5) is 0 Å². The maximum Gasteiger partial charge on any atom is 0.227 e. The number of fused-ring (bicyclic) bond motifs is 7. The number of pyridine rings is 1. The summed E-state index contributed by atoms with van der Waals surface area (Å²) in [4.78, 5) is 9.59. The van der Waals surface area contributed by atoms with Gasteiger partial charge in [0.25, 0.3) is 0 Å². The fraction of sp³-hybridized carbons (Fsp3) is 0. The maximum atomic E-state index is 6.78. The van der Waals surface area contributed by atoms with Crippen molar-refractivity contribution in [1.29, 1.82) is 0 Å². The van der Waals surface area contributed by atoms with E-state index >= 15 is 0 Å². The van der Waals surface area contributed by atoms with Crippen LogP contribution in [0.1, 0.15) is 0 Å². The number of benzene rings is 9. The van der Waals surface area contributed by atoms with E-state index < -0.39 is 0 Å². The number of hydrogen-bond acceptors (Lipinski definition) is 3. The molecule has 0 amide bonds. The molecule has 0 aliphatic rings. The third-order valence-electron chi connectivity index (χ3n) is 11.0. The minimum Gasteiger partial charge on any atom is -0.436 e. The molecular weight excluding hydrogens is 669 g/mol. The second kappa shape index (κ2) is 12.6. The van der Waals surface area contributed by atoms with Crippen molar-refractivity contribution in [2.24, 2.45) is 0 Å². The molecule has 256 valence electrons. The molecule has 0 saturated heterocycles. The molecule has 0 aliphatic carbocycles. The van der Waals surface area contributed by atoms with Gasteiger partial charge in [0.1, 0.15) is 5.52 Å². The van der Waals surface area contributed by atoms with E-state index in [1.807, 2.05) is 12.3 Å². The summed E-state index contributed by atoms with van der Waals surface area (Å²) in [6.07, 6.45) is 3.70. The summed E-state index contributed by atoms with van der Waals surface area (Å²) < 4.78 is 6.78. The van der Waals surface area contributed by atoms with Gasteiger partial charge in [0, 0.05) is 29.1 Å². The van der Waals surface area contributed by atoms with Gasteiger partial charge in [-0.25, -0.2) is 4.98 Å². The van der Waals surface area contributed by atoms with E-state index in [1.165, 1.54) is 48.7 Å². The highest BCUT2D eigenvalue weighted by molar-refractivity contribution is 6.18. The average molecular weight is 701 g/mol. The lowest BCUT2D eigenvalue weighted by molar-refractivity contribution is 0.620. The Labute approximate surface area is 317 Å². The average Bonchev–Trinajstić information content (AvgIpc) is 3.70. The molecule has 3 nitrogen and oxygen atoms in total. The Balaban J connectivity index is 1.11. The molecule has 55 heavy (non-hydrogen) atoms. The van der Waals surface area contributed by atoms with Gasteiger partial charge in [-0.15, -0.1) is 0 Å². The number of hydrogen-bond donors (Lipinski definition) is 0. The smallest absolute Gasteiger partial charge is 0.227 e. The second-order valence-corrected chi connectivity index (χ2v) is 14.2. The first kappa shape index (κ1) is 31.2. The summed E-state index contributed by atoms with van der Waals surface area (Å²) in [5, 5.41) is 9.73. The summed E-state index contributed by atoms with van der Waals surface area (Å²) in [5.74, 6) is 0.595. The molecule has 2 aromatic heterocycles. The van der Waals surface area contributed by atoms with Gasteiger partial charge >= 0.3 is 0 Å². The SMILES string of the molecule is c1cncc(-c2cccc(-c3ccc(-c4nc5c(-c6cc7ccccc7c7ccccc67)cc(-c6cc7ccccc7c7ccccc67)cc5o4)cc3)c2)c1. The largest absolute Gasteiger partial charge is 0.436 e. The molecule has 0 atom stereocenters. The minimum atomic E-state index is 0.595. The van der Waals surface area contributed by atoms with E-state index in [0.29, 0.717) is 5.89 Å². The van der Waals surface area contributed by atoms with E-state index in [9.17, 15) is 0 Å². The fourth-order valence-electron chi connectivity index (χ4n) is 8.30. The van der Waals surface area contributed by atoms with Crippen molar-refractivity contribution in [3.8, 4) is 56.0 Å². The van der Waals surface area contributed by atoms with Crippen LogP contribution in [0.15, 0.2) is 199 Å². The number of nitrogens with zero attached hydrogens (tertiary/aromatic N) is 2. The van der Waals surface area contributed by atoms with Crippen LogP contribution in [0.2, 0.25) is 0 Å². The van der Waals surface area contributed by atoms with Gasteiger partial charge in [-0.1, -0.05) is 133 Å². The van der Waals surface area contributed by atoms with Crippen LogP contribution >= 0.6 is 0 Å². The lowest BCUT2D eigenvalue weighted by Crippen LogP contribution is -1.89. The molecule has 0 radical (unpaired) electrons. The first-order valence-corrected chi connectivity index (χ1v) is 18.6. The predicted octanol–water partition coefficient (Wildman–Crippen LogP) is 14.2.